The standard InChI is InChI=1S/C32H35Cl3N2O5/c33-32(34,35)31(40)36-17-22-4-1-5-24(14-22)25-6-2-7-26(15-25)30-41-28(18-37-13-3-8-27(37)20-39)16-29(42-30)23-11-9-21(19-38)10-12-23/h1-2,4-7,9-12,14-15,27-30,38-39H,3,8,13,16-20H2,(H,36,40). The number of nitrogens with zero attached hydrogens (tertiary/aromatic N) is 1. The first kappa shape index (κ1) is 31.2. The molecule has 3 aromatic carbocycles. The summed E-state index contributed by atoms with van der Waals surface area (Å²) in [4.78, 5) is 14.3. The predicted octanol–water partition coefficient (Wildman–Crippen LogP) is 5.83. The Bertz CT molecular complexity index is 1350. The van der Waals surface area contributed by atoms with Crippen LogP contribution in [-0.2, 0) is 27.4 Å². The first-order valence-electron chi connectivity index (χ1n) is 14.1. The van der Waals surface area contributed by atoms with Gasteiger partial charge in [0.1, 0.15) is 0 Å². The summed E-state index contributed by atoms with van der Waals surface area (Å²) < 4.78 is 11.1. The van der Waals surface area contributed by atoms with Gasteiger partial charge in [0.05, 0.1) is 25.4 Å². The second-order valence-electron chi connectivity index (χ2n) is 10.8. The minimum atomic E-state index is -2.02. The number of benzene rings is 3. The number of amides is 1. The maximum absolute atomic E-state index is 12.0. The van der Waals surface area contributed by atoms with E-state index >= 15 is 0 Å². The quantitative estimate of drug-likeness (QED) is 0.257. The van der Waals surface area contributed by atoms with Gasteiger partial charge in [-0.05, 0) is 59.3 Å². The van der Waals surface area contributed by atoms with Crippen molar-refractivity contribution in [1.29, 1.82) is 0 Å². The molecule has 5 rings (SSSR count). The highest BCUT2D eigenvalue weighted by molar-refractivity contribution is 6.76. The van der Waals surface area contributed by atoms with Crippen molar-refractivity contribution in [2.45, 2.75) is 60.7 Å². The Morgan fingerprint density at radius 1 is 0.929 bits per heavy atom. The minimum Gasteiger partial charge on any atom is -0.395 e. The van der Waals surface area contributed by atoms with Gasteiger partial charge in [0.25, 0.3) is 9.70 Å². The molecule has 0 bridgehead atoms. The largest absolute Gasteiger partial charge is 0.395 e. The molecule has 2 aliphatic heterocycles. The first-order chi connectivity index (χ1) is 20.2. The number of aliphatic hydroxyl groups excluding tert-OH is 2. The van der Waals surface area contributed by atoms with Crippen molar-refractivity contribution in [3.8, 4) is 11.1 Å². The summed E-state index contributed by atoms with van der Waals surface area (Å²) in [5.41, 5.74) is 5.57. The molecule has 224 valence electrons. The van der Waals surface area contributed by atoms with Crippen molar-refractivity contribution in [3.63, 3.8) is 0 Å². The van der Waals surface area contributed by atoms with Gasteiger partial charge in [-0.2, -0.15) is 0 Å². The van der Waals surface area contributed by atoms with Crippen LogP contribution in [0.3, 0.4) is 0 Å². The van der Waals surface area contributed by atoms with Gasteiger partial charge >= 0.3 is 0 Å². The summed E-state index contributed by atoms with van der Waals surface area (Å²) in [6.07, 6.45) is 1.87. The maximum atomic E-state index is 12.0. The Balaban J connectivity index is 1.36. The molecule has 2 fully saturated rings. The highest BCUT2D eigenvalue weighted by Gasteiger charge is 2.35. The van der Waals surface area contributed by atoms with E-state index in [0.717, 1.165) is 59.3 Å². The number of likely N-dealkylation sites (tertiary alicyclic amines) is 1. The van der Waals surface area contributed by atoms with Crippen LogP contribution in [0.4, 0.5) is 0 Å². The average molecular weight is 634 g/mol. The number of rotatable bonds is 9. The summed E-state index contributed by atoms with van der Waals surface area (Å²) in [7, 11) is 0. The van der Waals surface area contributed by atoms with Crippen molar-refractivity contribution in [2.75, 3.05) is 19.7 Å². The number of carbonyl (C=O) groups is 1. The lowest BCUT2D eigenvalue weighted by Crippen LogP contribution is -2.42. The van der Waals surface area contributed by atoms with Crippen LogP contribution in [0, 0.1) is 0 Å². The van der Waals surface area contributed by atoms with Gasteiger partial charge in [0, 0.05) is 31.1 Å². The smallest absolute Gasteiger partial charge is 0.272 e. The summed E-state index contributed by atoms with van der Waals surface area (Å²) in [5.74, 6) is -0.680. The van der Waals surface area contributed by atoms with E-state index in [1.807, 2.05) is 66.7 Å². The summed E-state index contributed by atoms with van der Waals surface area (Å²) in [6, 6.07) is 23.9. The molecule has 0 spiro atoms. The molecule has 7 nitrogen and oxygen atoms in total. The molecular formula is C32H35Cl3N2O5. The van der Waals surface area contributed by atoms with Gasteiger partial charge in [-0.1, -0.05) is 95.5 Å². The first-order valence-corrected chi connectivity index (χ1v) is 15.3. The molecule has 3 N–H and O–H groups in total. The molecule has 3 aromatic rings. The van der Waals surface area contributed by atoms with Crippen LogP contribution >= 0.6 is 34.8 Å². The number of ether oxygens (including phenoxy) is 2. The Kier molecular flexibility index (Phi) is 10.5. The van der Waals surface area contributed by atoms with Crippen LogP contribution in [0.15, 0.2) is 72.8 Å². The predicted molar refractivity (Wildman–Crippen MR) is 164 cm³/mol. The van der Waals surface area contributed by atoms with Gasteiger partial charge in [0.2, 0.25) is 0 Å². The van der Waals surface area contributed by atoms with E-state index in [1.165, 1.54) is 0 Å². The van der Waals surface area contributed by atoms with E-state index < -0.39 is 16.0 Å². The molecule has 2 saturated heterocycles. The molecule has 0 aromatic heterocycles. The molecule has 42 heavy (non-hydrogen) atoms. The Hall–Kier alpha value is -2.20. The Morgan fingerprint density at radius 3 is 2.38 bits per heavy atom. The van der Waals surface area contributed by atoms with Gasteiger partial charge < -0.3 is 25.0 Å². The number of carbonyl (C=O) groups excluding carboxylic acids is 1. The zero-order valence-electron chi connectivity index (χ0n) is 23.1. The van der Waals surface area contributed by atoms with Crippen LogP contribution < -0.4 is 5.32 Å². The van der Waals surface area contributed by atoms with Crippen LogP contribution in [0.1, 0.15) is 53.9 Å². The van der Waals surface area contributed by atoms with Crippen LogP contribution in [0.5, 0.6) is 0 Å². The third-order valence-electron chi connectivity index (χ3n) is 7.89. The highest BCUT2D eigenvalue weighted by atomic mass is 35.6. The number of hydrogen-bond donors (Lipinski definition) is 3. The van der Waals surface area contributed by atoms with Gasteiger partial charge in [-0.15, -0.1) is 0 Å². The number of aliphatic hydroxyl groups is 2. The van der Waals surface area contributed by atoms with E-state index in [9.17, 15) is 15.0 Å². The topological polar surface area (TPSA) is 91.3 Å². The lowest BCUT2D eigenvalue weighted by atomic mass is 9.98. The lowest BCUT2D eigenvalue weighted by Gasteiger charge is -2.38. The summed E-state index contributed by atoms with van der Waals surface area (Å²) in [6.45, 7) is 2.02. The molecule has 0 aliphatic carbocycles. The van der Waals surface area contributed by atoms with E-state index in [-0.39, 0.29) is 38.0 Å². The average Bonchev–Trinajstić information content (AvgIpc) is 3.46. The number of alkyl halides is 3. The number of halogens is 3. The second kappa shape index (κ2) is 14.1. The van der Waals surface area contributed by atoms with Crippen LogP contribution in [-0.4, -0.2) is 56.7 Å². The van der Waals surface area contributed by atoms with Crippen molar-refractivity contribution < 1.29 is 24.5 Å². The fourth-order valence-electron chi connectivity index (χ4n) is 5.65. The Labute approximate surface area is 261 Å². The van der Waals surface area contributed by atoms with Crippen molar-refractivity contribution in [1.82, 2.24) is 10.2 Å². The summed E-state index contributed by atoms with van der Waals surface area (Å²) >= 11 is 17.0. The molecule has 0 radical (unpaired) electrons. The molecule has 1 amide bonds. The Morgan fingerprint density at radius 2 is 1.67 bits per heavy atom. The molecule has 4 atom stereocenters. The normalized spacial score (nSPS) is 23.2. The van der Waals surface area contributed by atoms with E-state index in [2.05, 4.69) is 16.3 Å². The molecule has 2 heterocycles. The van der Waals surface area contributed by atoms with Crippen LogP contribution in [0.25, 0.3) is 11.1 Å². The van der Waals surface area contributed by atoms with Crippen molar-refractivity contribution in [2.24, 2.45) is 0 Å². The maximum Gasteiger partial charge on any atom is 0.272 e. The third-order valence-corrected chi connectivity index (χ3v) is 8.41. The van der Waals surface area contributed by atoms with Gasteiger partial charge in [0.15, 0.2) is 6.29 Å². The molecular weight excluding hydrogens is 599 g/mol. The minimum absolute atomic E-state index is 0.00899. The van der Waals surface area contributed by atoms with Crippen molar-refractivity contribution >= 4 is 40.7 Å². The molecule has 4 unspecified atom stereocenters. The zero-order chi connectivity index (χ0) is 29.7. The number of nitrogens with one attached hydrogen (secondary N) is 1. The zero-order valence-corrected chi connectivity index (χ0v) is 25.4. The van der Waals surface area contributed by atoms with Crippen molar-refractivity contribution in [3.05, 3.63) is 95.1 Å². The molecule has 10 heteroatoms. The molecule has 0 saturated carbocycles. The highest BCUT2D eigenvalue weighted by Crippen LogP contribution is 2.39. The van der Waals surface area contributed by atoms with E-state index in [4.69, 9.17) is 44.3 Å². The van der Waals surface area contributed by atoms with E-state index in [0.29, 0.717) is 6.42 Å². The molecule has 2 aliphatic rings. The second-order valence-corrected chi connectivity index (χ2v) is 13.1. The SMILES string of the molecule is O=C(NCc1cccc(-c2cccc(C3OC(CN4CCCC4CO)CC(c4ccc(CO)cc4)O3)c2)c1)C(Cl)(Cl)Cl. The summed E-state index contributed by atoms with van der Waals surface area (Å²) in [5, 5.41) is 22.0. The lowest BCUT2D eigenvalue weighted by molar-refractivity contribution is -0.253. The number of hydrogen-bond acceptors (Lipinski definition) is 6. The van der Waals surface area contributed by atoms with Gasteiger partial charge in [-0.3, -0.25) is 9.69 Å². The third kappa shape index (κ3) is 7.84. The van der Waals surface area contributed by atoms with E-state index in [1.54, 1.807) is 0 Å². The fourth-order valence-corrected chi connectivity index (χ4v) is 5.85. The van der Waals surface area contributed by atoms with Gasteiger partial charge in [-0.25, -0.2) is 0 Å². The van der Waals surface area contributed by atoms with Crippen LogP contribution in [0.2, 0.25) is 0 Å². The monoisotopic (exact) mass is 632 g/mol. The fraction of sp³-hybridized carbons (Fsp3) is 0.406.